The Labute approximate surface area is 162 Å². The summed E-state index contributed by atoms with van der Waals surface area (Å²) in [5, 5.41) is 4.83. The van der Waals surface area contributed by atoms with Gasteiger partial charge in [-0.25, -0.2) is 5.43 Å². The molecule has 2 rings (SSSR count). The van der Waals surface area contributed by atoms with E-state index in [4.69, 9.17) is 27.9 Å². The Kier molecular flexibility index (Phi) is 7.93. The monoisotopic (exact) mass is 388 g/mol. The molecule has 0 heterocycles. The van der Waals surface area contributed by atoms with Crippen molar-refractivity contribution >= 4 is 40.9 Å². The average molecular weight is 389 g/mol. The van der Waals surface area contributed by atoms with Crippen LogP contribution in [0, 0.1) is 0 Å². The molecule has 0 unspecified atom stereocenters. The fourth-order valence-corrected chi connectivity index (χ4v) is 2.34. The molecule has 0 bridgehead atoms. The van der Waals surface area contributed by atoms with Crippen molar-refractivity contribution in [3.05, 3.63) is 82.4 Å². The highest BCUT2D eigenvalue weighted by Gasteiger charge is 2.05. The number of carbonyl (C=O) groups is 1. The fourth-order valence-electron chi connectivity index (χ4n) is 1.88. The SMILES string of the molecule is CC(C=CC=Cc1ccccc1)=NNC(=O)COc1ccc(Cl)cc1Cl. The van der Waals surface area contributed by atoms with E-state index < -0.39 is 0 Å². The van der Waals surface area contributed by atoms with E-state index in [0.717, 1.165) is 5.56 Å². The maximum absolute atomic E-state index is 11.8. The molecule has 1 N–H and O–H groups in total. The van der Waals surface area contributed by atoms with Crippen molar-refractivity contribution in [2.24, 2.45) is 5.10 Å². The molecule has 0 aliphatic heterocycles. The number of nitrogens with one attached hydrogen (secondary N) is 1. The van der Waals surface area contributed by atoms with Crippen molar-refractivity contribution < 1.29 is 9.53 Å². The van der Waals surface area contributed by atoms with Gasteiger partial charge in [0.2, 0.25) is 0 Å². The summed E-state index contributed by atoms with van der Waals surface area (Å²) >= 11 is 11.8. The summed E-state index contributed by atoms with van der Waals surface area (Å²) < 4.78 is 5.33. The number of halogens is 2. The third-order valence-corrected chi connectivity index (χ3v) is 3.68. The van der Waals surface area contributed by atoms with Crippen LogP contribution < -0.4 is 10.2 Å². The van der Waals surface area contributed by atoms with Gasteiger partial charge in [-0.1, -0.05) is 71.8 Å². The number of rotatable bonds is 7. The maximum atomic E-state index is 11.8. The molecule has 0 fully saturated rings. The number of hydrogen-bond acceptors (Lipinski definition) is 3. The Morgan fingerprint density at radius 2 is 1.92 bits per heavy atom. The quantitative estimate of drug-likeness (QED) is 0.405. The molecule has 2 aromatic carbocycles. The van der Waals surface area contributed by atoms with Gasteiger partial charge in [0.1, 0.15) is 5.75 Å². The molecule has 0 aliphatic rings. The fraction of sp³-hybridized carbons (Fsp3) is 0.100. The van der Waals surface area contributed by atoms with Crippen LogP contribution in [0.25, 0.3) is 6.08 Å². The van der Waals surface area contributed by atoms with E-state index in [2.05, 4.69) is 10.5 Å². The van der Waals surface area contributed by atoms with E-state index in [0.29, 0.717) is 21.5 Å². The molecule has 0 saturated carbocycles. The predicted molar refractivity (Wildman–Crippen MR) is 108 cm³/mol. The number of hydrogen-bond donors (Lipinski definition) is 1. The molecular weight excluding hydrogens is 371 g/mol. The highest BCUT2D eigenvalue weighted by atomic mass is 35.5. The van der Waals surface area contributed by atoms with Crippen molar-refractivity contribution in [2.45, 2.75) is 6.92 Å². The van der Waals surface area contributed by atoms with Gasteiger partial charge in [-0.15, -0.1) is 0 Å². The van der Waals surface area contributed by atoms with Gasteiger partial charge in [0.15, 0.2) is 6.61 Å². The van der Waals surface area contributed by atoms with Crippen LogP contribution in [-0.4, -0.2) is 18.2 Å². The second-order valence-corrected chi connectivity index (χ2v) is 6.12. The van der Waals surface area contributed by atoms with Crippen molar-refractivity contribution in [1.29, 1.82) is 0 Å². The summed E-state index contributed by atoms with van der Waals surface area (Å²) in [5.74, 6) is 0.00135. The molecule has 0 aliphatic carbocycles. The maximum Gasteiger partial charge on any atom is 0.277 e. The Balaban J connectivity index is 1.77. The van der Waals surface area contributed by atoms with Gasteiger partial charge < -0.3 is 4.74 Å². The Morgan fingerprint density at radius 1 is 1.15 bits per heavy atom. The number of hydrazone groups is 1. The lowest BCUT2D eigenvalue weighted by Gasteiger charge is -2.07. The predicted octanol–water partition coefficient (Wildman–Crippen LogP) is 5.13. The van der Waals surface area contributed by atoms with E-state index in [1.165, 1.54) is 0 Å². The number of allylic oxidation sites excluding steroid dienone is 3. The van der Waals surface area contributed by atoms with Crippen molar-refractivity contribution in [2.75, 3.05) is 6.61 Å². The summed E-state index contributed by atoms with van der Waals surface area (Å²) in [6.45, 7) is 1.58. The van der Waals surface area contributed by atoms with Gasteiger partial charge in [-0.05, 0) is 36.8 Å². The van der Waals surface area contributed by atoms with Crippen LogP contribution in [0.2, 0.25) is 10.0 Å². The largest absolute Gasteiger partial charge is 0.482 e. The van der Waals surface area contributed by atoms with Gasteiger partial charge in [0, 0.05) is 5.02 Å². The molecule has 4 nitrogen and oxygen atoms in total. The number of amides is 1. The lowest BCUT2D eigenvalue weighted by Crippen LogP contribution is -2.25. The Morgan fingerprint density at radius 3 is 2.65 bits per heavy atom. The summed E-state index contributed by atoms with van der Waals surface area (Å²) in [5.41, 5.74) is 4.18. The molecule has 6 heteroatoms. The highest BCUT2D eigenvalue weighted by Crippen LogP contribution is 2.27. The van der Waals surface area contributed by atoms with Crippen molar-refractivity contribution in [3.63, 3.8) is 0 Å². The summed E-state index contributed by atoms with van der Waals surface area (Å²) in [7, 11) is 0. The molecule has 0 saturated heterocycles. The first-order valence-corrected chi connectivity index (χ1v) is 8.61. The van der Waals surface area contributed by atoms with E-state index in [1.807, 2.05) is 48.6 Å². The smallest absolute Gasteiger partial charge is 0.277 e. The van der Waals surface area contributed by atoms with Crippen LogP contribution in [0.5, 0.6) is 5.75 Å². The average Bonchev–Trinajstić information content (AvgIpc) is 2.63. The van der Waals surface area contributed by atoms with Crippen LogP contribution in [0.4, 0.5) is 0 Å². The van der Waals surface area contributed by atoms with E-state index in [1.54, 1.807) is 31.2 Å². The molecular formula is C20H18Cl2N2O2. The molecule has 134 valence electrons. The molecule has 26 heavy (non-hydrogen) atoms. The van der Waals surface area contributed by atoms with Crippen LogP contribution in [0.3, 0.4) is 0 Å². The lowest BCUT2D eigenvalue weighted by molar-refractivity contribution is -0.123. The van der Waals surface area contributed by atoms with E-state index >= 15 is 0 Å². The van der Waals surface area contributed by atoms with E-state index in [9.17, 15) is 4.79 Å². The van der Waals surface area contributed by atoms with Crippen LogP contribution in [-0.2, 0) is 4.79 Å². The molecule has 0 spiro atoms. The third-order valence-electron chi connectivity index (χ3n) is 3.15. The Hall–Kier alpha value is -2.56. The van der Waals surface area contributed by atoms with Crippen molar-refractivity contribution in [3.8, 4) is 5.75 Å². The zero-order valence-corrected chi connectivity index (χ0v) is 15.7. The number of carbonyl (C=O) groups excluding carboxylic acids is 1. The topological polar surface area (TPSA) is 50.7 Å². The molecule has 0 radical (unpaired) electrons. The van der Waals surface area contributed by atoms with Crippen LogP contribution >= 0.6 is 23.2 Å². The normalized spacial score (nSPS) is 11.9. The number of benzene rings is 2. The summed E-state index contributed by atoms with van der Waals surface area (Å²) in [4.78, 5) is 11.8. The van der Waals surface area contributed by atoms with Crippen molar-refractivity contribution in [1.82, 2.24) is 5.43 Å². The minimum atomic E-state index is -0.386. The summed E-state index contributed by atoms with van der Waals surface area (Å²) in [6, 6.07) is 14.7. The zero-order chi connectivity index (χ0) is 18.8. The van der Waals surface area contributed by atoms with Crippen LogP contribution in [0.1, 0.15) is 12.5 Å². The lowest BCUT2D eigenvalue weighted by atomic mass is 10.2. The summed E-state index contributed by atoms with van der Waals surface area (Å²) in [6.07, 6.45) is 7.52. The molecule has 0 aromatic heterocycles. The first-order chi connectivity index (χ1) is 12.5. The van der Waals surface area contributed by atoms with Gasteiger partial charge in [-0.3, -0.25) is 4.79 Å². The van der Waals surface area contributed by atoms with Gasteiger partial charge >= 0.3 is 0 Å². The molecule has 0 atom stereocenters. The second-order valence-electron chi connectivity index (χ2n) is 5.28. The minimum Gasteiger partial charge on any atom is -0.482 e. The zero-order valence-electron chi connectivity index (χ0n) is 14.2. The molecule has 1 amide bonds. The number of ether oxygens (including phenoxy) is 1. The third kappa shape index (κ3) is 7.13. The van der Waals surface area contributed by atoms with Gasteiger partial charge in [0.05, 0.1) is 10.7 Å². The molecule has 2 aromatic rings. The van der Waals surface area contributed by atoms with Gasteiger partial charge in [0.25, 0.3) is 5.91 Å². The first-order valence-electron chi connectivity index (χ1n) is 7.85. The van der Waals surface area contributed by atoms with Gasteiger partial charge in [-0.2, -0.15) is 5.10 Å². The number of nitrogens with zero attached hydrogens (tertiary/aromatic N) is 1. The standard InChI is InChI=1S/C20H18Cl2N2O2/c1-15(7-5-6-10-16-8-3-2-4-9-16)23-24-20(25)14-26-19-12-11-17(21)13-18(19)22/h2-13H,14H2,1H3,(H,24,25). The highest BCUT2D eigenvalue weighted by molar-refractivity contribution is 6.35. The second kappa shape index (κ2) is 10.4. The van der Waals surface area contributed by atoms with E-state index in [-0.39, 0.29) is 12.5 Å². The van der Waals surface area contributed by atoms with Crippen LogP contribution in [0.15, 0.2) is 71.9 Å². The first kappa shape index (κ1) is 19.8. The Bertz CT molecular complexity index is 831. The minimum absolute atomic E-state index is 0.199.